The molecule has 0 amide bonds. The third-order valence-corrected chi connectivity index (χ3v) is 6.52. The predicted molar refractivity (Wildman–Crippen MR) is 118 cm³/mol. The Labute approximate surface area is 176 Å². The van der Waals surface area contributed by atoms with Crippen molar-refractivity contribution in [2.24, 2.45) is 5.92 Å². The molecule has 3 rings (SSSR count). The molecule has 3 heteroatoms. The normalized spacial score (nSPS) is 20.7. The van der Waals surface area contributed by atoms with Crippen LogP contribution >= 0.6 is 15.9 Å². The molecule has 0 heterocycles. The Balaban J connectivity index is 1.62. The van der Waals surface area contributed by atoms with Gasteiger partial charge in [-0.15, -0.1) is 0 Å². The lowest BCUT2D eigenvalue weighted by Crippen LogP contribution is -2.13. The molecule has 0 saturated heterocycles. The van der Waals surface area contributed by atoms with Gasteiger partial charge in [0.05, 0.1) is 0 Å². The van der Waals surface area contributed by atoms with Gasteiger partial charge < -0.3 is 0 Å². The Kier molecular flexibility index (Phi) is 7.84. The second-order valence-corrected chi connectivity index (χ2v) is 8.89. The van der Waals surface area contributed by atoms with Gasteiger partial charge in [-0.05, 0) is 55.2 Å². The minimum atomic E-state index is -0.812. The molecule has 0 nitrogen and oxygen atoms in total. The average molecular weight is 447 g/mol. The molecular formula is C25H29BrF2. The van der Waals surface area contributed by atoms with Gasteiger partial charge in [-0.25, -0.2) is 8.78 Å². The van der Waals surface area contributed by atoms with Gasteiger partial charge in [0.2, 0.25) is 0 Å². The molecule has 0 spiro atoms. The fraction of sp³-hybridized carbons (Fsp3) is 0.440. The van der Waals surface area contributed by atoms with Crippen molar-refractivity contribution in [1.29, 1.82) is 0 Å². The van der Waals surface area contributed by atoms with E-state index in [0.29, 0.717) is 11.5 Å². The van der Waals surface area contributed by atoms with Crippen molar-refractivity contribution < 1.29 is 8.78 Å². The van der Waals surface area contributed by atoms with Crippen LogP contribution in [0.1, 0.15) is 80.9 Å². The van der Waals surface area contributed by atoms with Crippen LogP contribution in [0.3, 0.4) is 0 Å². The Bertz CT molecular complexity index is 769. The Morgan fingerprint density at radius 3 is 1.89 bits per heavy atom. The summed E-state index contributed by atoms with van der Waals surface area (Å²) in [5, 5.41) is 0. The summed E-state index contributed by atoms with van der Waals surface area (Å²) in [7, 11) is 0. The van der Waals surface area contributed by atoms with Crippen LogP contribution in [0.4, 0.5) is 8.78 Å². The van der Waals surface area contributed by atoms with Crippen molar-refractivity contribution in [3.63, 3.8) is 0 Å². The van der Waals surface area contributed by atoms with E-state index in [1.807, 2.05) is 12.1 Å². The monoisotopic (exact) mass is 446 g/mol. The number of rotatable bonds is 7. The highest BCUT2D eigenvalue weighted by Gasteiger charge is 2.22. The van der Waals surface area contributed by atoms with E-state index in [2.05, 4.69) is 22.9 Å². The predicted octanol–water partition coefficient (Wildman–Crippen LogP) is 9.07. The first-order valence-corrected chi connectivity index (χ1v) is 11.3. The minimum absolute atomic E-state index is 0.256. The first kappa shape index (κ1) is 21.2. The third-order valence-electron chi connectivity index (χ3n) is 5.99. The summed E-state index contributed by atoms with van der Waals surface area (Å²) < 4.78 is 29.9. The van der Waals surface area contributed by atoms with Crippen LogP contribution in [0.15, 0.2) is 53.0 Å². The smallest absolute Gasteiger partial charge is 0.166 e. The largest absolute Gasteiger partial charge is 0.203 e. The van der Waals surface area contributed by atoms with Crippen molar-refractivity contribution in [1.82, 2.24) is 0 Å². The molecule has 0 N–H and O–H groups in total. The van der Waals surface area contributed by atoms with Crippen molar-refractivity contribution in [2.75, 3.05) is 0 Å². The highest BCUT2D eigenvalue weighted by molar-refractivity contribution is 9.10. The van der Waals surface area contributed by atoms with E-state index in [4.69, 9.17) is 0 Å². The standard InChI is InChI=1S/C25H29BrF2/c1-2-3-4-5-18-6-8-19(9-7-18)20-10-12-21(13-11-20)24(27)25(28)22-14-16-23(26)17-15-22/h10-19H,2-9H2,1H3/b25-24-. The summed E-state index contributed by atoms with van der Waals surface area (Å²) in [6, 6.07) is 14.0. The number of hydrogen-bond acceptors (Lipinski definition) is 0. The third kappa shape index (κ3) is 5.53. The minimum Gasteiger partial charge on any atom is -0.203 e. The summed E-state index contributed by atoms with van der Waals surface area (Å²) in [5.74, 6) is -0.177. The van der Waals surface area contributed by atoms with Gasteiger partial charge in [0.1, 0.15) is 0 Å². The van der Waals surface area contributed by atoms with Gasteiger partial charge in [-0.3, -0.25) is 0 Å². The molecule has 0 aromatic heterocycles. The van der Waals surface area contributed by atoms with E-state index in [9.17, 15) is 8.78 Å². The molecule has 1 fully saturated rings. The number of halogens is 3. The van der Waals surface area contributed by atoms with Crippen LogP contribution in [-0.2, 0) is 0 Å². The highest BCUT2D eigenvalue weighted by atomic mass is 79.9. The fourth-order valence-corrected chi connectivity index (χ4v) is 4.48. The molecule has 1 aliphatic carbocycles. The number of hydrogen-bond donors (Lipinski definition) is 0. The Hall–Kier alpha value is -1.48. The van der Waals surface area contributed by atoms with Gasteiger partial charge in [-0.2, -0.15) is 0 Å². The first-order chi connectivity index (χ1) is 13.6. The molecule has 0 aliphatic heterocycles. The summed E-state index contributed by atoms with van der Waals surface area (Å²) in [6.45, 7) is 2.25. The molecule has 0 atom stereocenters. The van der Waals surface area contributed by atoms with Gasteiger partial charge in [-0.1, -0.05) is 84.9 Å². The van der Waals surface area contributed by atoms with E-state index < -0.39 is 11.7 Å². The number of benzene rings is 2. The second-order valence-electron chi connectivity index (χ2n) is 7.97. The molecule has 2 aromatic carbocycles. The van der Waals surface area contributed by atoms with Crippen molar-refractivity contribution >= 4 is 27.6 Å². The van der Waals surface area contributed by atoms with Gasteiger partial charge in [0, 0.05) is 15.6 Å². The van der Waals surface area contributed by atoms with Crippen molar-refractivity contribution in [3.8, 4) is 0 Å². The number of unbranched alkanes of at least 4 members (excludes halogenated alkanes) is 2. The maximum Gasteiger partial charge on any atom is 0.166 e. The van der Waals surface area contributed by atoms with Crippen LogP contribution in [-0.4, -0.2) is 0 Å². The van der Waals surface area contributed by atoms with E-state index in [0.717, 1.165) is 10.4 Å². The molecule has 0 bridgehead atoms. The zero-order valence-electron chi connectivity index (χ0n) is 16.6. The molecule has 28 heavy (non-hydrogen) atoms. The zero-order chi connectivity index (χ0) is 19.9. The van der Waals surface area contributed by atoms with Gasteiger partial charge >= 0.3 is 0 Å². The van der Waals surface area contributed by atoms with Crippen LogP contribution in [0.5, 0.6) is 0 Å². The summed E-state index contributed by atoms with van der Waals surface area (Å²) in [4.78, 5) is 0. The fourth-order valence-electron chi connectivity index (χ4n) is 4.22. The molecule has 0 unspecified atom stereocenters. The Morgan fingerprint density at radius 2 is 1.36 bits per heavy atom. The molecule has 1 aliphatic rings. The summed E-state index contributed by atoms with van der Waals surface area (Å²) in [5.41, 5.74) is 1.82. The van der Waals surface area contributed by atoms with Crippen molar-refractivity contribution in [2.45, 2.75) is 64.2 Å². The van der Waals surface area contributed by atoms with Crippen LogP contribution in [0, 0.1) is 5.92 Å². The van der Waals surface area contributed by atoms with Crippen LogP contribution in [0.25, 0.3) is 11.7 Å². The molecule has 2 aromatic rings. The van der Waals surface area contributed by atoms with E-state index in [1.165, 1.54) is 56.9 Å². The van der Waals surface area contributed by atoms with Crippen LogP contribution in [0.2, 0.25) is 0 Å². The lowest BCUT2D eigenvalue weighted by molar-refractivity contribution is 0.303. The topological polar surface area (TPSA) is 0 Å². The zero-order valence-corrected chi connectivity index (χ0v) is 18.2. The molecule has 150 valence electrons. The van der Waals surface area contributed by atoms with Crippen molar-refractivity contribution in [3.05, 3.63) is 69.7 Å². The molecular weight excluding hydrogens is 418 g/mol. The van der Waals surface area contributed by atoms with Gasteiger partial charge in [0.15, 0.2) is 11.7 Å². The average Bonchev–Trinajstić information content (AvgIpc) is 2.74. The highest BCUT2D eigenvalue weighted by Crippen LogP contribution is 2.38. The second kappa shape index (κ2) is 10.3. The van der Waals surface area contributed by atoms with Crippen LogP contribution < -0.4 is 0 Å². The first-order valence-electron chi connectivity index (χ1n) is 10.5. The maximum atomic E-state index is 14.6. The SMILES string of the molecule is CCCCCC1CCC(c2ccc(/C(F)=C(/F)c3ccc(Br)cc3)cc2)CC1. The van der Waals surface area contributed by atoms with E-state index in [-0.39, 0.29) is 5.56 Å². The maximum absolute atomic E-state index is 14.6. The molecule has 0 radical (unpaired) electrons. The summed E-state index contributed by atoms with van der Waals surface area (Å²) >= 11 is 3.31. The van der Waals surface area contributed by atoms with E-state index in [1.54, 1.807) is 36.4 Å². The lowest BCUT2D eigenvalue weighted by atomic mass is 9.77. The quantitative estimate of drug-likeness (QED) is 0.293. The summed E-state index contributed by atoms with van der Waals surface area (Å²) in [6.07, 6.45) is 10.4. The Morgan fingerprint density at radius 1 is 0.821 bits per heavy atom. The van der Waals surface area contributed by atoms with Gasteiger partial charge in [0.25, 0.3) is 0 Å². The lowest BCUT2D eigenvalue weighted by Gasteiger charge is -2.29. The van der Waals surface area contributed by atoms with E-state index >= 15 is 0 Å². The molecule has 1 saturated carbocycles.